The molecule has 30 heavy (non-hydrogen) atoms. The fourth-order valence-corrected chi connectivity index (χ4v) is 3.48. The summed E-state index contributed by atoms with van der Waals surface area (Å²) < 4.78 is 11.0. The first-order chi connectivity index (χ1) is 14.2. The lowest BCUT2D eigenvalue weighted by molar-refractivity contribution is 0.0635. The van der Waals surface area contributed by atoms with Gasteiger partial charge in [0.25, 0.3) is 0 Å². The lowest BCUT2D eigenvalue weighted by atomic mass is 10.0. The summed E-state index contributed by atoms with van der Waals surface area (Å²) in [4.78, 5) is 27.1. The Morgan fingerprint density at radius 3 is 2.47 bits per heavy atom. The zero-order valence-corrected chi connectivity index (χ0v) is 18.3. The van der Waals surface area contributed by atoms with Crippen molar-refractivity contribution in [3.05, 3.63) is 59.7 Å². The summed E-state index contributed by atoms with van der Waals surface area (Å²) in [5.41, 5.74) is 2.75. The molecule has 1 atom stereocenters. The second kappa shape index (κ2) is 8.78. The predicted molar refractivity (Wildman–Crippen MR) is 118 cm³/mol. The zero-order chi connectivity index (χ0) is 21.9. The van der Waals surface area contributed by atoms with E-state index in [4.69, 9.17) is 9.47 Å². The summed E-state index contributed by atoms with van der Waals surface area (Å²) in [7, 11) is 0. The minimum absolute atomic E-state index is 0.242. The van der Waals surface area contributed by atoms with E-state index in [1.54, 1.807) is 4.90 Å². The van der Waals surface area contributed by atoms with Crippen LogP contribution in [0.4, 0.5) is 21.0 Å². The van der Waals surface area contributed by atoms with E-state index >= 15 is 0 Å². The van der Waals surface area contributed by atoms with Crippen molar-refractivity contribution >= 4 is 23.6 Å². The first-order valence-electron chi connectivity index (χ1n) is 10.3. The molecule has 0 spiro atoms. The van der Waals surface area contributed by atoms with Crippen LogP contribution in [0, 0.1) is 5.92 Å². The summed E-state index contributed by atoms with van der Waals surface area (Å²) >= 11 is 0. The van der Waals surface area contributed by atoms with Crippen LogP contribution in [-0.2, 0) is 15.9 Å². The lowest BCUT2D eigenvalue weighted by Gasteiger charge is -2.27. The monoisotopic (exact) mass is 410 g/mol. The van der Waals surface area contributed by atoms with Crippen molar-refractivity contribution in [2.24, 2.45) is 5.92 Å². The van der Waals surface area contributed by atoms with Crippen LogP contribution < -0.4 is 10.2 Å². The number of rotatable bonds is 4. The second-order valence-corrected chi connectivity index (χ2v) is 8.90. The van der Waals surface area contributed by atoms with Gasteiger partial charge in [0.2, 0.25) is 0 Å². The number of para-hydroxylation sites is 2. The molecule has 160 valence electrons. The number of hydrogen-bond donors (Lipinski definition) is 1. The minimum Gasteiger partial charge on any atom is -0.449 e. The molecule has 0 saturated carbocycles. The van der Waals surface area contributed by atoms with Gasteiger partial charge < -0.3 is 9.47 Å². The van der Waals surface area contributed by atoms with E-state index in [-0.39, 0.29) is 18.1 Å². The molecule has 0 bridgehead atoms. The number of hydrogen-bond acceptors (Lipinski definition) is 4. The number of ether oxygens (including phenoxy) is 2. The standard InChI is InChI=1S/C24H30N2O4/c1-16(2)15-29-23(28)26-20-13-9-6-10-17(20)14-21(26)18-11-7-8-12-19(18)25-22(27)30-24(3,4)5/h6-13,16,21H,14-15H2,1-5H3,(H,25,27). The number of nitrogens with one attached hydrogen (secondary N) is 1. The van der Waals surface area contributed by atoms with Crippen molar-refractivity contribution in [3.63, 3.8) is 0 Å². The van der Waals surface area contributed by atoms with Crippen LogP contribution in [0.2, 0.25) is 0 Å². The molecular weight excluding hydrogens is 380 g/mol. The molecule has 2 aromatic rings. The molecular formula is C24H30N2O4. The molecule has 1 unspecified atom stereocenters. The third-order valence-electron chi connectivity index (χ3n) is 4.67. The van der Waals surface area contributed by atoms with Gasteiger partial charge in [-0.3, -0.25) is 10.2 Å². The average molecular weight is 411 g/mol. The van der Waals surface area contributed by atoms with E-state index in [0.29, 0.717) is 18.7 Å². The molecule has 1 heterocycles. The van der Waals surface area contributed by atoms with Gasteiger partial charge in [-0.05, 0) is 56.4 Å². The second-order valence-electron chi connectivity index (χ2n) is 8.90. The first-order valence-corrected chi connectivity index (χ1v) is 10.3. The largest absolute Gasteiger partial charge is 0.449 e. The van der Waals surface area contributed by atoms with Crippen LogP contribution in [0.15, 0.2) is 48.5 Å². The number of fused-ring (bicyclic) bond motifs is 1. The first kappa shape index (κ1) is 21.7. The fourth-order valence-electron chi connectivity index (χ4n) is 3.48. The number of anilines is 2. The quantitative estimate of drug-likeness (QED) is 0.678. The van der Waals surface area contributed by atoms with Gasteiger partial charge >= 0.3 is 12.2 Å². The molecule has 6 nitrogen and oxygen atoms in total. The Balaban J connectivity index is 1.92. The molecule has 2 amide bonds. The summed E-state index contributed by atoms with van der Waals surface area (Å²) in [6.45, 7) is 9.81. The van der Waals surface area contributed by atoms with Crippen LogP contribution in [-0.4, -0.2) is 24.4 Å². The van der Waals surface area contributed by atoms with E-state index in [2.05, 4.69) is 5.32 Å². The van der Waals surface area contributed by atoms with Gasteiger partial charge in [-0.1, -0.05) is 50.2 Å². The highest BCUT2D eigenvalue weighted by Gasteiger charge is 2.37. The van der Waals surface area contributed by atoms with Crippen LogP contribution in [0.25, 0.3) is 0 Å². The van der Waals surface area contributed by atoms with Gasteiger partial charge in [0, 0.05) is 5.69 Å². The third kappa shape index (κ3) is 5.12. The summed E-state index contributed by atoms with van der Waals surface area (Å²) in [5, 5.41) is 2.84. The van der Waals surface area contributed by atoms with Crippen LogP contribution in [0.1, 0.15) is 51.8 Å². The molecule has 1 N–H and O–H groups in total. The maximum absolute atomic E-state index is 13.0. The molecule has 0 aromatic heterocycles. The predicted octanol–water partition coefficient (Wildman–Crippen LogP) is 5.93. The summed E-state index contributed by atoms with van der Waals surface area (Å²) in [6, 6.07) is 15.0. The Morgan fingerprint density at radius 2 is 1.77 bits per heavy atom. The van der Waals surface area contributed by atoms with E-state index in [1.807, 2.05) is 83.1 Å². The topological polar surface area (TPSA) is 67.9 Å². The molecule has 3 rings (SSSR count). The van der Waals surface area contributed by atoms with E-state index in [0.717, 1.165) is 16.8 Å². The molecule has 0 saturated heterocycles. The Labute approximate surface area is 178 Å². The number of nitrogens with zero attached hydrogens (tertiary/aromatic N) is 1. The van der Waals surface area contributed by atoms with Gasteiger partial charge in [0.1, 0.15) is 5.60 Å². The highest BCUT2D eigenvalue weighted by atomic mass is 16.6. The Kier molecular flexibility index (Phi) is 6.34. The van der Waals surface area contributed by atoms with Gasteiger partial charge in [-0.15, -0.1) is 0 Å². The van der Waals surface area contributed by atoms with Crippen LogP contribution >= 0.6 is 0 Å². The number of benzene rings is 2. The van der Waals surface area contributed by atoms with Crippen LogP contribution in [0.3, 0.4) is 0 Å². The van der Waals surface area contributed by atoms with E-state index in [1.165, 1.54) is 0 Å². The maximum atomic E-state index is 13.0. The SMILES string of the molecule is CC(C)COC(=O)N1c2ccccc2CC1c1ccccc1NC(=O)OC(C)(C)C. The smallest absolute Gasteiger partial charge is 0.414 e. The van der Waals surface area contributed by atoms with E-state index in [9.17, 15) is 9.59 Å². The zero-order valence-electron chi connectivity index (χ0n) is 18.3. The molecule has 1 aliphatic rings. The van der Waals surface area contributed by atoms with Crippen molar-refractivity contribution < 1.29 is 19.1 Å². The highest BCUT2D eigenvalue weighted by Crippen LogP contribution is 2.42. The molecule has 6 heteroatoms. The molecule has 0 radical (unpaired) electrons. The van der Waals surface area contributed by atoms with Gasteiger partial charge in [0.05, 0.1) is 18.3 Å². The van der Waals surface area contributed by atoms with Crippen molar-refractivity contribution in [3.8, 4) is 0 Å². The van der Waals surface area contributed by atoms with Crippen molar-refractivity contribution in [2.45, 2.75) is 52.7 Å². The third-order valence-corrected chi connectivity index (χ3v) is 4.67. The number of amides is 2. The minimum atomic E-state index is -0.602. The fraction of sp³-hybridized carbons (Fsp3) is 0.417. The van der Waals surface area contributed by atoms with Gasteiger partial charge in [-0.2, -0.15) is 0 Å². The van der Waals surface area contributed by atoms with Gasteiger partial charge in [0.15, 0.2) is 0 Å². The summed E-state index contributed by atoms with van der Waals surface area (Å²) in [5.74, 6) is 0.242. The molecule has 0 aliphatic carbocycles. The summed E-state index contributed by atoms with van der Waals surface area (Å²) in [6.07, 6.45) is -0.273. The van der Waals surface area contributed by atoms with Crippen LogP contribution in [0.5, 0.6) is 0 Å². The van der Waals surface area contributed by atoms with Gasteiger partial charge in [-0.25, -0.2) is 9.59 Å². The Morgan fingerprint density at radius 1 is 1.10 bits per heavy atom. The van der Waals surface area contributed by atoms with Crippen molar-refractivity contribution in [1.29, 1.82) is 0 Å². The number of carbonyl (C=O) groups excluding carboxylic acids is 2. The normalized spacial score (nSPS) is 15.7. The van der Waals surface area contributed by atoms with Crippen molar-refractivity contribution in [1.82, 2.24) is 0 Å². The maximum Gasteiger partial charge on any atom is 0.414 e. The lowest BCUT2D eigenvalue weighted by Crippen LogP contribution is -2.34. The molecule has 0 fully saturated rings. The van der Waals surface area contributed by atoms with Crippen molar-refractivity contribution in [2.75, 3.05) is 16.8 Å². The molecule has 1 aliphatic heterocycles. The highest BCUT2D eigenvalue weighted by molar-refractivity contribution is 5.93. The van der Waals surface area contributed by atoms with E-state index < -0.39 is 11.7 Å². The Hall–Kier alpha value is -3.02. The molecule has 2 aromatic carbocycles. The average Bonchev–Trinajstić information content (AvgIpc) is 3.04. The Bertz CT molecular complexity index is 917. The number of carbonyl (C=O) groups is 2.